The first kappa shape index (κ1) is 19.9. The van der Waals surface area contributed by atoms with Crippen molar-refractivity contribution in [2.75, 3.05) is 20.7 Å². The molecule has 8 heteroatoms. The summed E-state index contributed by atoms with van der Waals surface area (Å²) in [5, 5.41) is 4.56. The molecule has 0 aliphatic heterocycles. The maximum Gasteiger partial charge on any atom is 0.305 e. The standard InChI is InChI=1S/C18H21ClFN3O3/c1-12-16(18(25)22(2)10-4-5-15(24)26-3)17(19)23(21-12)11-13-6-8-14(20)9-7-13/h6-9H,4-5,10-11H2,1-3H3. The van der Waals surface area contributed by atoms with Gasteiger partial charge in [-0.1, -0.05) is 23.7 Å². The van der Waals surface area contributed by atoms with Crippen LogP contribution in [-0.4, -0.2) is 47.3 Å². The van der Waals surface area contributed by atoms with Gasteiger partial charge in [-0.2, -0.15) is 5.10 Å². The summed E-state index contributed by atoms with van der Waals surface area (Å²) in [5.74, 6) is -0.893. The van der Waals surface area contributed by atoms with E-state index in [0.29, 0.717) is 30.8 Å². The Morgan fingerprint density at radius 3 is 2.58 bits per heavy atom. The number of hydrogen-bond acceptors (Lipinski definition) is 4. The number of methoxy groups -OCH3 is 1. The van der Waals surface area contributed by atoms with E-state index in [9.17, 15) is 14.0 Å². The van der Waals surface area contributed by atoms with E-state index < -0.39 is 0 Å². The minimum atomic E-state index is -0.319. The summed E-state index contributed by atoms with van der Waals surface area (Å²) in [6, 6.07) is 6.01. The monoisotopic (exact) mass is 381 g/mol. The first-order valence-corrected chi connectivity index (χ1v) is 8.51. The van der Waals surface area contributed by atoms with Crippen LogP contribution in [0.3, 0.4) is 0 Å². The fraction of sp³-hybridized carbons (Fsp3) is 0.389. The van der Waals surface area contributed by atoms with Crippen molar-refractivity contribution in [1.82, 2.24) is 14.7 Å². The van der Waals surface area contributed by atoms with Gasteiger partial charge >= 0.3 is 5.97 Å². The molecule has 1 heterocycles. The van der Waals surface area contributed by atoms with E-state index in [2.05, 4.69) is 9.84 Å². The zero-order chi connectivity index (χ0) is 19.3. The molecule has 0 spiro atoms. The lowest BCUT2D eigenvalue weighted by Gasteiger charge is -2.16. The lowest BCUT2D eigenvalue weighted by molar-refractivity contribution is -0.140. The third-order valence-electron chi connectivity index (χ3n) is 3.97. The highest BCUT2D eigenvalue weighted by Gasteiger charge is 2.23. The summed E-state index contributed by atoms with van der Waals surface area (Å²) < 4.78 is 19.1. The number of hydrogen-bond donors (Lipinski definition) is 0. The van der Waals surface area contributed by atoms with Gasteiger partial charge < -0.3 is 9.64 Å². The molecule has 0 bridgehead atoms. The molecule has 0 radical (unpaired) electrons. The van der Waals surface area contributed by atoms with Gasteiger partial charge in [0.25, 0.3) is 5.91 Å². The van der Waals surface area contributed by atoms with E-state index >= 15 is 0 Å². The summed E-state index contributed by atoms with van der Waals surface area (Å²) in [7, 11) is 2.97. The van der Waals surface area contributed by atoms with Crippen LogP contribution < -0.4 is 0 Å². The number of carbonyl (C=O) groups is 2. The number of aromatic nitrogens is 2. The highest BCUT2D eigenvalue weighted by Crippen LogP contribution is 2.22. The molecular formula is C18H21ClFN3O3. The number of rotatable bonds is 7. The van der Waals surface area contributed by atoms with Crippen LogP contribution in [0, 0.1) is 12.7 Å². The molecule has 26 heavy (non-hydrogen) atoms. The molecule has 0 fully saturated rings. The number of aryl methyl sites for hydroxylation is 1. The molecule has 0 saturated carbocycles. The average Bonchev–Trinajstić information content (AvgIpc) is 2.89. The molecule has 1 aromatic heterocycles. The first-order chi connectivity index (χ1) is 12.3. The lowest BCUT2D eigenvalue weighted by Crippen LogP contribution is -2.28. The molecule has 0 atom stereocenters. The largest absolute Gasteiger partial charge is 0.469 e. The Morgan fingerprint density at radius 1 is 1.31 bits per heavy atom. The molecule has 0 unspecified atom stereocenters. The summed E-state index contributed by atoms with van der Waals surface area (Å²) in [5.41, 5.74) is 1.66. The Bertz CT molecular complexity index is 790. The van der Waals surface area contributed by atoms with Gasteiger partial charge in [0.2, 0.25) is 0 Å². The highest BCUT2D eigenvalue weighted by atomic mass is 35.5. The smallest absolute Gasteiger partial charge is 0.305 e. The third kappa shape index (κ3) is 4.82. The van der Waals surface area contributed by atoms with Crippen LogP contribution in [0.15, 0.2) is 24.3 Å². The Balaban J connectivity index is 2.09. The van der Waals surface area contributed by atoms with Crippen molar-refractivity contribution in [2.45, 2.75) is 26.3 Å². The van der Waals surface area contributed by atoms with Crippen LogP contribution in [0.2, 0.25) is 5.15 Å². The van der Waals surface area contributed by atoms with Crippen molar-refractivity contribution in [2.24, 2.45) is 0 Å². The predicted octanol–water partition coefficient (Wildman–Crippen LogP) is 3.06. The highest BCUT2D eigenvalue weighted by molar-refractivity contribution is 6.33. The van der Waals surface area contributed by atoms with Gasteiger partial charge in [0, 0.05) is 20.0 Å². The Hall–Kier alpha value is -2.41. The predicted molar refractivity (Wildman–Crippen MR) is 95.7 cm³/mol. The van der Waals surface area contributed by atoms with Crippen molar-refractivity contribution in [3.63, 3.8) is 0 Å². The average molecular weight is 382 g/mol. The quantitative estimate of drug-likeness (QED) is 0.691. The van der Waals surface area contributed by atoms with Gasteiger partial charge in [0.05, 0.1) is 24.9 Å². The fourth-order valence-electron chi connectivity index (χ4n) is 2.52. The number of benzene rings is 1. The van der Waals surface area contributed by atoms with Crippen LogP contribution in [0.25, 0.3) is 0 Å². The number of ether oxygens (including phenoxy) is 1. The second-order valence-corrected chi connectivity index (χ2v) is 6.30. The topological polar surface area (TPSA) is 64.4 Å². The fourth-order valence-corrected chi connectivity index (χ4v) is 2.83. The molecule has 6 nitrogen and oxygen atoms in total. The van der Waals surface area contributed by atoms with Gasteiger partial charge in [-0.15, -0.1) is 0 Å². The maximum absolute atomic E-state index is 13.0. The number of carbonyl (C=O) groups excluding carboxylic acids is 2. The summed E-state index contributed by atoms with van der Waals surface area (Å²) in [6.45, 7) is 2.44. The van der Waals surface area contributed by atoms with E-state index in [-0.39, 0.29) is 29.3 Å². The number of amides is 1. The third-order valence-corrected chi connectivity index (χ3v) is 4.36. The SMILES string of the molecule is COC(=O)CCCN(C)C(=O)c1c(C)nn(Cc2ccc(F)cc2)c1Cl. The summed E-state index contributed by atoms with van der Waals surface area (Å²) in [6.07, 6.45) is 0.736. The van der Waals surface area contributed by atoms with Crippen LogP contribution in [-0.2, 0) is 16.1 Å². The van der Waals surface area contributed by atoms with E-state index in [1.807, 2.05) is 0 Å². The van der Waals surface area contributed by atoms with Crippen molar-refractivity contribution >= 4 is 23.5 Å². The number of nitrogens with zero attached hydrogens (tertiary/aromatic N) is 3. The number of halogens is 2. The molecule has 2 rings (SSSR count). The van der Waals surface area contributed by atoms with Gasteiger partial charge in [-0.3, -0.25) is 9.59 Å². The van der Waals surface area contributed by atoms with Gasteiger partial charge in [-0.25, -0.2) is 9.07 Å². The van der Waals surface area contributed by atoms with E-state index in [4.69, 9.17) is 11.6 Å². The molecule has 1 amide bonds. The molecule has 1 aromatic carbocycles. The van der Waals surface area contributed by atoms with Crippen molar-refractivity contribution in [3.05, 3.63) is 52.1 Å². The second-order valence-electron chi connectivity index (χ2n) is 5.94. The zero-order valence-electron chi connectivity index (χ0n) is 15.0. The number of esters is 1. The van der Waals surface area contributed by atoms with E-state index in [1.165, 1.54) is 28.8 Å². The minimum absolute atomic E-state index is 0.233. The minimum Gasteiger partial charge on any atom is -0.469 e. The normalized spacial score (nSPS) is 10.7. The van der Waals surface area contributed by atoms with Crippen LogP contribution >= 0.6 is 11.6 Å². The van der Waals surface area contributed by atoms with Crippen LogP contribution in [0.1, 0.15) is 34.5 Å². The van der Waals surface area contributed by atoms with Gasteiger partial charge in [0.15, 0.2) is 0 Å². The summed E-state index contributed by atoms with van der Waals surface area (Å²) >= 11 is 6.36. The van der Waals surface area contributed by atoms with Crippen LogP contribution in [0.5, 0.6) is 0 Å². The van der Waals surface area contributed by atoms with Gasteiger partial charge in [-0.05, 0) is 31.0 Å². The Morgan fingerprint density at radius 2 is 1.96 bits per heavy atom. The maximum atomic E-state index is 13.0. The van der Waals surface area contributed by atoms with Crippen molar-refractivity contribution < 1.29 is 18.7 Å². The lowest BCUT2D eigenvalue weighted by atomic mass is 10.2. The van der Waals surface area contributed by atoms with Crippen LogP contribution in [0.4, 0.5) is 4.39 Å². The second kappa shape index (κ2) is 8.80. The van der Waals surface area contributed by atoms with Crippen molar-refractivity contribution in [1.29, 1.82) is 0 Å². The molecule has 2 aromatic rings. The molecular weight excluding hydrogens is 361 g/mol. The first-order valence-electron chi connectivity index (χ1n) is 8.13. The Kier molecular flexibility index (Phi) is 6.74. The zero-order valence-corrected chi connectivity index (χ0v) is 15.7. The van der Waals surface area contributed by atoms with E-state index in [0.717, 1.165) is 5.56 Å². The molecule has 0 aliphatic rings. The molecule has 0 N–H and O–H groups in total. The molecule has 0 aliphatic carbocycles. The van der Waals surface area contributed by atoms with Gasteiger partial charge in [0.1, 0.15) is 11.0 Å². The molecule has 140 valence electrons. The van der Waals surface area contributed by atoms with E-state index in [1.54, 1.807) is 26.1 Å². The molecule has 0 saturated heterocycles. The summed E-state index contributed by atoms with van der Waals surface area (Å²) in [4.78, 5) is 25.3. The Labute approximate surface area is 156 Å². The van der Waals surface area contributed by atoms with Crippen molar-refractivity contribution in [3.8, 4) is 0 Å².